The van der Waals surface area contributed by atoms with Gasteiger partial charge in [0, 0.05) is 6.04 Å². The smallest absolute Gasteiger partial charge is 0.300 e. The molecule has 0 radical (unpaired) electrons. The molecule has 2 atom stereocenters. The first-order valence-electron chi connectivity index (χ1n) is 13.0. The van der Waals surface area contributed by atoms with Gasteiger partial charge in [-0.05, 0) is 75.1 Å². The van der Waals surface area contributed by atoms with E-state index in [9.17, 15) is 4.79 Å². The molecule has 1 aromatic rings. The predicted octanol–water partition coefficient (Wildman–Crippen LogP) is 6.20. The Morgan fingerprint density at radius 1 is 0.941 bits per heavy atom. The second kappa shape index (κ2) is 11.3. The molecule has 186 valence electrons. The van der Waals surface area contributed by atoms with E-state index in [1.165, 1.54) is 51.4 Å². The standard InChI is InChI=1S/C28H40N2O4/c1-19(22-11-7-5-8-12-22)29-28-30(20(2)23-13-9-6-10-14-23)27(31)26(34-28)18-21-15-16-24(32-3)25(17-21)33-4/h15-20,22-23H,5-14H2,1-4H3/b26-18+,29-28+. The fraction of sp³-hybridized carbons (Fsp3) is 0.643. The summed E-state index contributed by atoms with van der Waals surface area (Å²) in [6, 6.07) is 6.29. The lowest BCUT2D eigenvalue weighted by Crippen LogP contribution is -2.43. The van der Waals surface area contributed by atoms with Gasteiger partial charge in [-0.25, -0.2) is 4.99 Å². The summed E-state index contributed by atoms with van der Waals surface area (Å²) >= 11 is 0. The molecule has 34 heavy (non-hydrogen) atoms. The quantitative estimate of drug-likeness (QED) is 0.447. The molecular weight excluding hydrogens is 428 g/mol. The highest BCUT2D eigenvalue weighted by Crippen LogP contribution is 2.35. The van der Waals surface area contributed by atoms with Crippen LogP contribution in [0.4, 0.5) is 0 Å². The van der Waals surface area contributed by atoms with E-state index in [1.807, 2.05) is 23.1 Å². The van der Waals surface area contributed by atoms with Gasteiger partial charge in [0.05, 0.1) is 20.3 Å². The molecule has 6 nitrogen and oxygen atoms in total. The van der Waals surface area contributed by atoms with E-state index in [4.69, 9.17) is 19.2 Å². The highest BCUT2D eigenvalue weighted by atomic mass is 16.5. The van der Waals surface area contributed by atoms with Crippen LogP contribution in [0.3, 0.4) is 0 Å². The number of rotatable bonds is 7. The largest absolute Gasteiger partial charge is 0.493 e. The van der Waals surface area contributed by atoms with Gasteiger partial charge in [0.15, 0.2) is 17.3 Å². The Labute approximate surface area is 204 Å². The molecule has 0 aromatic heterocycles. The zero-order chi connectivity index (χ0) is 24.1. The number of methoxy groups -OCH3 is 2. The number of hydrogen-bond acceptors (Lipinski definition) is 5. The van der Waals surface area contributed by atoms with Crippen LogP contribution in [0.2, 0.25) is 0 Å². The number of carbonyl (C=O) groups is 1. The van der Waals surface area contributed by atoms with Gasteiger partial charge in [0.2, 0.25) is 0 Å². The molecular formula is C28H40N2O4. The SMILES string of the molecule is COc1ccc(/C=C2/O/C(=N/C(C)C3CCCCC3)N(C(C)C3CCCCC3)C2=O)cc1OC. The van der Waals surface area contributed by atoms with Crippen LogP contribution in [0.1, 0.15) is 83.6 Å². The van der Waals surface area contributed by atoms with E-state index < -0.39 is 0 Å². The van der Waals surface area contributed by atoms with Crippen molar-refractivity contribution < 1.29 is 19.0 Å². The lowest BCUT2D eigenvalue weighted by atomic mass is 9.84. The molecule has 0 bridgehead atoms. The van der Waals surface area contributed by atoms with E-state index >= 15 is 0 Å². The van der Waals surface area contributed by atoms with Gasteiger partial charge in [-0.3, -0.25) is 9.69 Å². The molecule has 3 aliphatic rings. The average molecular weight is 469 g/mol. The number of benzene rings is 1. The maximum Gasteiger partial charge on any atom is 0.300 e. The van der Waals surface area contributed by atoms with E-state index in [0.29, 0.717) is 35.1 Å². The van der Waals surface area contributed by atoms with Crippen LogP contribution in [-0.2, 0) is 9.53 Å². The fourth-order valence-corrected chi connectivity index (χ4v) is 5.75. The van der Waals surface area contributed by atoms with Crippen LogP contribution >= 0.6 is 0 Å². The summed E-state index contributed by atoms with van der Waals surface area (Å²) in [6.07, 6.45) is 14.1. The lowest BCUT2D eigenvalue weighted by molar-refractivity contribution is -0.125. The summed E-state index contributed by atoms with van der Waals surface area (Å²) < 4.78 is 17.0. The van der Waals surface area contributed by atoms with Gasteiger partial charge in [-0.2, -0.15) is 0 Å². The van der Waals surface area contributed by atoms with E-state index in [1.54, 1.807) is 20.3 Å². The number of aliphatic imine (C=N–C) groups is 1. The molecule has 3 fully saturated rings. The Morgan fingerprint density at radius 2 is 1.56 bits per heavy atom. The summed E-state index contributed by atoms with van der Waals surface area (Å²) in [6.45, 7) is 4.34. The fourth-order valence-electron chi connectivity index (χ4n) is 5.75. The maximum atomic E-state index is 13.6. The third-order valence-electron chi connectivity index (χ3n) is 7.93. The summed E-state index contributed by atoms with van der Waals surface area (Å²) in [5.41, 5.74) is 0.827. The minimum absolute atomic E-state index is 0.0707. The molecule has 1 amide bonds. The molecule has 2 aliphatic carbocycles. The van der Waals surface area contributed by atoms with Gasteiger partial charge < -0.3 is 14.2 Å². The van der Waals surface area contributed by atoms with Crippen LogP contribution in [-0.4, -0.2) is 43.1 Å². The third kappa shape index (κ3) is 5.42. The van der Waals surface area contributed by atoms with Crippen molar-refractivity contribution >= 4 is 18.0 Å². The first-order valence-corrected chi connectivity index (χ1v) is 13.0. The second-order valence-electron chi connectivity index (χ2n) is 10.1. The second-order valence-corrected chi connectivity index (χ2v) is 10.1. The summed E-state index contributed by atoms with van der Waals surface area (Å²) in [5.74, 6) is 2.54. The Kier molecular flexibility index (Phi) is 8.17. The van der Waals surface area contributed by atoms with Crippen molar-refractivity contribution in [2.45, 2.75) is 90.1 Å². The van der Waals surface area contributed by atoms with Gasteiger partial charge in [0.1, 0.15) is 0 Å². The number of amides is 1. The Morgan fingerprint density at radius 3 is 2.18 bits per heavy atom. The average Bonchev–Trinajstić information content (AvgIpc) is 3.18. The molecule has 4 rings (SSSR count). The van der Waals surface area contributed by atoms with Crippen LogP contribution in [0.5, 0.6) is 11.5 Å². The van der Waals surface area contributed by atoms with Gasteiger partial charge in [-0.1, -0.05) is 44.6 Å². The van der Waals surface area contributed by atoms with Crippen molar-refractivity contribution in [3.63, 3.8) is 0 Å². The molecule has 6 heteroatoms. The topological polar surface area (TPSA) is 60.4 Å². The summed E-state index contributed by atoms with van der Waals surface area (Å²) in [5, 5.41) is 0. The first-order chi connectivity index (χ1) is 16.5. The highest BCUT2D eigenvalue weighted by Gasteiger charge is 2.41. The molecule has 2 saturated carbocycles. The minimum Gasteiger partial charge on any atom is -0.493 e. The molecule has 2 unspecified atom stereocenters. The number of hydrogen-bond donors (Lipinski definition) is 0. The Balaban J connectivity index is 1.63. The van der Waals surface area contributed by atoms with Crippen molar-refractivity contribution in [3.05, 3.63) is 29.5 Å². The van der Waals surface area contributed by atoms with Gasteiger partial charge in [0.25, 0.3) is 5.91 Å². The van der Waals surface area contributed by atoms with Gasteiger partial charge >= 0.3 is 6.02 Å². The minimum atomic E-state index is -0.0950. The molecule has 1 heterocycles. The number of amidine groups is 1. The van der Waals surface area contributed by atoms with E-state index in [0.717, 1.165) is 18.4 Å². The zero-order valence-corrected chi connectivity index (χ0v) is 21.2. The van der Waals surface area contributed by atoms with Crippen molar-refractivity contribution in [1.29, 1.82) is 0 Å². The predicted molar refractivity (Wildman–Crippen MR) is 135 cm³/mol. The summed E-state index contributed by atoms with van der Waals surface area (Å²) in [7, 11) is 3.22. The number of carbonyl (C=O) groups excluding carboxylic acids is 1. The molecule has 0 N–H and O–H groups in total. The van der Waals surface area contributed by atoms with Crippen molar-refractivity contribution in [3.8, 4) is 11.5 Å². The van der Waals surface area contributed by atoms with E-state index in [-0.39, 0.29) is 18.0 Å². The molecule has 1 aliphatic heterocycles. The molecule has 1 saturated heterocycles. The highest BCUT2D eigenvalue weighted by molar-refractivity contribution is 6.11. The molecule has 1 aromatic carbocycles. The molecule has 0 spiro atoms. The first kappa shape index (κ1) is 24.6. The van der Waals surface area contributed by atoms with Crippen molar-refractivity contribution in [2.75, 3.05) is 14.2 Å². The normalized spacial score (nSPS) is 24.4. The lowest BCUT2D eigenvalue weighted by Gasteiger charge is -2.33. The monoisotopic (exact) mass is 468 g/mol. The van der Waals surface area contributed by atoms with Crippen LogP contribution in [0.15, 0.2) is 29.0 Å². The zero-order valence-electron chi connectivity index (χ0n) is 21.2. The van der Waals surface area contributed by atoms with Crippen LogP contribution in [0, 0.1) is 11.8 Å². The number of ether oxygens (including phenoxy) is 3. The Bertz CT molecular complexity index is 913. The van der Waals surface area contributed by atoms with Crippen LogP contribution in [0.25, 0.3) is 6.08 Å². The van der Waals surface area contributed by atoms with Crippen LogP contribution < -0.4 is 9.47 Å². The van der Waals surface area contributed by atoms with Crippen molar-refractivity contribution in [1.82, 2.24) is 4.90 Å². The maximum absolute atomic E-state index is 13.6. The number of nitrogens with zero attached hydrogens (tertiary/aromatic N) is 2. The third-order valence-corrected chi connectivity index (χ3v) is 7.93. The van der Waals surface area contributed by atoms with Crippen molar-refractivity contribution in [2.24, 2.45) is 16.8 Å². The Hall–Kier alpha value is -2.50. The van der Waals surface area contributed by atoms with E-state index in [2.05, 4.69) is 13.8 Å². The summed E-state index contributed by atoms with van der Waals surface area (Å²) in [4.78, 5) is 20.5. The van der Waals surface area contributed by atoms with Gasteiger partial charge in [-0.15, -0.1) is 0 Å².